The maximum Gasteiger partial charge on any atom is 0.236 e. The van der Waals surface area contributed by atoms with Crippen LogP contribution in [-0.2, 0) is 14.6 Å². The van der Waals surface area contributed by atoms with Crippen LogP contribution in [0.4, 0.5) is 0 Å². The average molecular weight is 288 g/mol. The Morgan fingerprint density at radius 1 is 1.11 bits per heavy atom. The normalized spacial score (nSPS) is 27.2. The Morgan fingerprint density at radius 3 is 2.37 bits per heavy atom. The molecule has 0 spiro atoms. The topological polar surface area (TPSA) is 66.5 Å². The number of nitrogens with zero attached hydrogens (tertiary/aromatic N) is 1. The molecule has 0 aromatic rings. The predicted octanol–water partition coefficient (Wildman–Crippen LogP) is 0.556. The molecule has 110 valence electrons. The minimum atomic E-state index is -2.90. The van der Waals surface area contributed by atoms with Crippen molar-refractivity contribution in [1.29, 1.82) is 0 Å². The van der Waals surface area contributed by atoms with Gasteiger partial charge in [-0.1, -0.05) is 12.8 Å². The molecule has 2 saturated heterocycles. The number of sulfone groups is 1. The van der Waals surface area contributed by atoms with Crippen molar-refractivity contribution >= 4 is 15.7 Å². The lowest BCUT2D eigenvalue weighted by molar-refractivity contribution is -0.130. The molecule has 2 aliphatic heterocycles. The van der Waals surface area contributed by atoms with Crippen molar-refractivity contribution in [2.24, 2.45) is 0 Å². The molecule has 0 aromatic heterocycles. The van der Waals surface area contributed by atoms with E-state index in [2.05, 4.69) is 5.32 Å². The Kier molecular flexibility index (Phi) is 5.21. The van der Waals surface area contributed by atoms with E-state index in [-0.39, 0.29) is 17.7 Å². The van der Waals surface area contributed by atoms with Gasteiger partial charge in [0.05, 0.1) is 17.5 Å². The van der Waals surface area contributed by atoms with Gasteiger partial charge in [-0.25, -0.2) is 8.42 Å². The highest BCUT2D eigenvalue weighted by Crippen LogP contribution is 2.19. The van der Waals surface area contributed by atoms with Crippen LogP contribution < -0.4 is 5.32 Å². The fourth-order valence-corrected chi connectivity index (χ4v) is 4.66. The molecule has 0 aromatic carbocycles. The lowest BCUT2D eigenvalue weighted by Crippen LogP contribution is -2.41. The van der Waals surface area contributed by atoms with E-state index in [1.807, 2.05) is 4.90 Å². The van der Waals surface area contributed by atoms with Gasteiger partial charge in [0.25, 0.3) is 0 Å². The number of rotatable bonds is 4. The molecule has 1 atom stereocenters. The minimum absolute atomic E-state index is 0.109. The first-order chi connectivity index (χ1) is 9.09. The number of hydrogen-bond acceptors (Lipinski definition) is 4. The van der Waals surface area contributed by atoms with Crippen LogP contribution in [0.15, 0.2) is 0 Å². The van der Waals surface area contributed by atoms with Crippen LogP contribution in [0.1, 0.15) is 38.5 Å². The Balaban J connectivity index is 1.71. The van der Waals surface area contributed by atoms with Crippen LogP contribution in [0, 0.1) is 0 Å². The van der Waals surface area contributed by atoms with Crippen LogP contribution in [0.5, 0.6) is 0 Å². The molecule has 2 heterocycles. The maximum atomic E-state index is 12.0. The Labute approximate surface area is 115 Å². The zero-order valence-electron chi connectivity index (χ0n) is 11.4. The zero-order valence-corrected chi connectivity index (χ0v) is 12.3. The molecule has 1 N–H and O–H groups in total. The van der Waals surface area contributed by atoms with Gasteiger partial charge in [0, 0.05) is 19.6 Å². The molecule has 1 amide bonds. The molecule has 0 radical (unpaired) electrons. The molecule has 2 fully saturated rings. The summed E-state index contributed by atoms with van der Waals surface area (Å²) in [6, 6.07) is 0. The first-order valence-corrected chi connectivity index (χ1v) is 9.01. The first kappa shape index (κ1) is 14.8. The molecular weight excluding hydrogens is 264 g/mol. The molecule has 0 bridgehead atoms. The fourth-order valence-electron chi connectivity index (χ4n) is 2.86. The van der Waals surface area contributed by atoms with Crippen molar-refractivity contribution < 1.29 is 13.2 Å². The van der Waals surface area contributed by atoms with Crippen molar-refractivity contribution in [3.05, 3.63) is 0 Å². The highest BCUT2D eigenvalue weighted by molar-refractivity contribution is 7.92. The molecule has 0 saturated carbocycles. The summed E-state index contributed by atoms with van der Waals surface area (Å²) < 4.78 is 23.3. The Morgan fingerprint density at radius 2 is 1.79 bits per heavy atom. The molecule has 1 unspecified atom stereocenters. The number of amides is 1. The Hall–Kier alpha value is -0.620. The van der Waals surface area contributed by atoms with Crippen molar-refractivity contribution in [2.45, 2.75) is 43.8 Å². The van der Waals surface area contributed by atoms with Crippen LogP contribution in [0.25, 0.3) is 0 Å². The number of hydrogen-bond donors (Lipinski definition) is 1. The molecule has 5 nitrogen and oxygen atoms in total. The molecule has 2 rings (SSSR count). The quantitative estimate of drug-likeness (QED) is 0.820. The molecule has 2 aliphatic rings. The maximum absolute atomic E-state index is 12.0. The van der Waals surface area contributed by atoms with E-state index in [4.69, 9.17) is 0 Å². The van der Waals surface area contributed by atoms with Gasteiger partial charge in [0.1, 0.15) is 0 Å². The van der Waals surface area contributed by atoms with E-state index < -0.39 is 9.84 Å². The summed E-state index contributed by atoms with van der Waals surface area (Å²) in [5.41, 5.74) is 0. The van der Waals surface area contributed by atoms with Gasteiger partial charge in [-0.2, -0.15) is 0 Å². The van der Waals surface area contributed by atoms with E-state index in [0.29, 0.717) is 12.3 Å². The fraction of sp³-hybridized carbons (Fsp3) is 0.923. The van der Waals surface area contributed by atoms with Crippen molar-refractivity contribution in [3.8, 4) is 0 Å². The van der Waals surface area contributed by atoms with Crippen molar-refractivity contribution in [1.82, 2.24) is 10.2 Å². The van der Waals surface area contributed by atoms with E-state index in [9.17, 15) is 13.2 Å². The van der Waals surface area contributed by atoms with Crippen molar-refractivity contribution in [2.75, 3.05) is 31.9 Å². The summed E-state index contributed by atoms with van der Waals surface area (Å²) in [6.07, 6.45) is 6.07. The van der Waals surface area contributed by atoms with E-state index in [0.717, 1.165) is 38.8 Å². The number of carbonyl (C=O) groups excluding carboxylic acids is 1. The molecule has 0 aliphatic carbocycles. The third-order valence-corrected chi connectivity index (χ3v) is 6.35. The summed E-state index contributed by atoms with van der Waals surface area (Å²) >= 11 is 0. The molecule has 6 heteroatoms. The standard InChI is InChI=1S/C13H24N2O3S/c16-13(15-7-3-1-2-4-8-15)11-14-10-12-6-5-9-19(12,17)18/h12,14H,1-11H2. The third-order valence-electron chi connectivity index (χ3n) is 4.07. The van der Waals surface area contributed by atoms with Crippen molar-refractivity contribution in [3.63, 3.8) is 0 Å². The summed E-state index contributed by atoms with van der Waals surface area (Å²) in [7, 11) is -2.90. The van der Waals surface area contributed by atoms with Crippen LogP contribution in [0.2, 0.25) is 0 Å². The van der Waals surface area contributed by atoms with Gasteiger partial charge in [0.15, 0.2) is 9.84 Å². The SMILES string of the molecule is O=C(CNCC1CCCS1(=O)=O)N1CCCCCC1. The van der Waals surface area contributed by atoms with Crippen LogP contribution in [-0.4, -0.2) is 56.4 Å². The number of carbonyl (C=O) groups is 1. The van der Waals surface area contributed by atoms with Gasteiger partial charge in [-0.15, -0.1) is 0 Å². The van der Waals surface area contributed by atoms with Crippen LogP contribution in [0.3, 0.4) is 0 Å². The monoisotopic (exact) mass is 288 g/mol. The number of nitrogens with one attached hydrogen (secondary N) is 1. The summed E-state index contributed by atoms with van der Waals surface area (Å²) in [5, 5.41) is 2.74. The zero-order chi connectivity index (χ0) is 13.7. The van der Waals surface area contributed by atoms with Gasteiger partial charge in [-0.3, -0.25) is 4.79 Å². The van der Waals surface area contributed by atoms with E-state index in [1.54, 1.807) is 0 Å². The van der Waals surface area contributed by atoms with Gasteiger partial charge in [-0.05, 0) is 25.7 Å². The molecule has 19 heavy (non-hydrogen) atoms. The van der Waals surface area contributed by atoms with Gasteiger partial charge >= 0.3 is 0 Å². The summed E-state index contributed by atoms with van der Waals surface area (Å²) in [4.78, 5) is 13.9. The number of likely N-dealkylation sites (tertiary alicyclic amines) is 1. The van der Waals surface area contributed by atoms with E-state index >= 15 is 0 Å². The smallest absolute Gasteiger partial charge is 0.236 e. The van der Waals surface area contributed by atoms with Crippen LogP contribution >= 0.6 is 0 Å². The lowest BCUT2D eigenvalue weighted by Gasteiger charge is -2.21. The third kappa shape index (κ3) is 4.18. The second-order valence-electron chi connectivity index (χ2n) is 5.56. The molecular formula is C13H24N2O3S. The Bertz CT molecular complexity index is 400. The summed E-state index contributed by atoms with van der Waals surface area (Å²) in [6.45, 7) is 2.39. The first-order valence-electron chi connectivity index (χ1n) is 7.30. The highest BCUT2D eigenvalue weighted by Gasteiger charge is 2.30. The van der Waals surface area contributed by atoms with E-state index in [1.165, 1.54) is 12.8 Å². The largest absolute Gasteiger partial charge is 0.342 e. The predicted molar refractivity (Wildman–Crippen MR) is 74.7 cm³/mol. The second-order valence-corrected chi connectivity index (χ2v) is 7.96. The minimum Gasteiger partial charge on any atom is -0.342 e. The average Bonchev–Trinajstić information content (AvgIpc) is 2.59. The second kappa shape index (κ2) is 6.70. The highest BCUT2D eigenvalue weighted by atomic mass is 32.2. The summed E-state index contributed by atoms with van der Waals surface area (Å²) in [5.74, 6) is 0.414. The lowest BCUT2D eigenvalue weighted by atomic mass is 10.2. The van der Waals surface area contributed by atoms with Gasteiger partial charge < -0.3 is 10.2 Å². The van der Waals surface area contributed by atoms with Gasteiger partial charge in [0.2, 0.25) is 5.91 Å².